The van der Waals surface area contributed by atoms with Crippen LogP contribution < -0.4 is 11.2 Å². The zero-order valence-corrected chi connectivity index (χ0v) is 13.2. The van der Waals surface area contributed by atoms with Crippen molar-refractivity contribution in [2.24, 2.45) is 0 Å². The molecule has 1 fully saturated rings. The lowest BCUT2D eigenvalue weighted by atomic mass is 10.0. The summed E-state index contributed by atoms with van der Waals surface area (Å²) in [5.41, 5.74) is 1.73. The molecule has 2 N–H and O–H groups in total. The third-order valence-electron chi connectivity index (χ3n) is 4.29. The molecule has 0 bridgehead atoms. The molecule has 4 rings (SSSR count). The molecule has 0 unspecified atom stereocenters. The van der Waals surface area contributed by atoms with Gasteiger partial charge in [-0.15, -0.1) is 10.2 Å². The van der Waals surface area contributed by atoms with Crippen LogP contribution in [0.1, 0.15) is 29.4 Å². The van der Waals surface area contributed by atoms with E-state index in [0.29, 0.717) is 16.8 Å². The van der Waals surface area contributed by atoms with Crippen LogP contribution in [0.3, 0.4) is 0 Å². The Morgan fingerprint density at radius 2 is 1.88 bits per heavy atom. The smallest absolute Gasteiger partial charge is 0.313 e. The largest absolute Gasteiger partial charge is 0.325 e. The molecule has 0 spiro atoms. The van der Waals surface area contributed by atoms with Gasteiger partial charge in [0.15, 0.2) is 5.15 Å². The summed E-state index contributed by atoms with van der Waals surface area (Å²) in [5.74, 6) is 0.658. The highest BCUT2D eigenvalue weighted by Gasteiger charge is 2.41. The molecule has 7 heteroatoms. The first-order valence-corrected chi connectivity index (χ1v) is 7.91. The Balaban J connectivity index is 1.71. The molecular weight excluding hydrogens is 328 g/mol. The van der Waals surface area contributed by atoms with Gasteiger partial charge in [-0.3, -0.25) is 9.78 Å². The van der Waals surface area contributed by atoms with E-state index in [9.17, 15) is 9.59 Å². The van der Waals surface area contributed by atoms with Crippen molar-refractivity contribution < 1.29 is 0 Å². The lowest BCUT2D eigenvalue weighted by Gasteiger charge is -2.05. The highest BCUT2D eigenvalue weighted by Crippen LogP contribution is 2.55. The minimum atomic E-state index is -0.558. The zero-order chi connectivity index (χ0) is 16.7. The molecule has 1 aliphatic rings. The fraction of sp³-hybridized carbons (Fsp3) is 0.176. The third-order valence-corrected chi connectivity index (χ3v) is 4.58. The molecule has 1 aromatic carbocycles. The zero-order valence-electron chi connectivity index (χ0n) is 12.5. The fourth-order valence-corrected chi connectivity index (χ4v) is 3.22. The molecule has 0 radical (unpaired) electrons. The van der Waals surface area contributed by atoms with Gasteiger partial charge < -0.3 is 4.98 Å². The number of halogens is 1. The van der Waals surface area contributed by atoms with Gasteiger partial charge in [-0.25, -0.2) is 4.79 Å². The molecule has 1 aliphatic carbocycles. The Kier molecular flexibility index (Phi) is 3.54. The standard InChI is InChI=1S/C17H13ClN4O2/c18-15-12(11-6-10(11)9-4-2-1-3-5-9)7-14(21-22-15)13-8-19-17(24)20-16(13)23/h1-5,7-8,10-11H,6H2,(H2,19,20,23,24)/t10-,11+/m1/s1. The minimum Gasteiger partial charge on any atom is -0.313 e. The molecule has 0 aliphatic heterocycles. The molecule has 2 aromatic heterocycles. The molecule has 24 heavy (non-hydrogen) atoms. The van der Waals surface area contributed by atoms with Crippen LogP contribution in [0.25, 0.3) is 11.3 Å². The molecule has 0 saturated heterocycles. The summed E-state index contributed by atoms with van der Waals surface area (Å²) in [7, 11) is 0. The van der Waals surface area contributed by atoms with E-state index >= 15 is 0 Å². The maximum absolute atomic E-state index is 11.9. The van der Waals surface area contributed by atoms with Gasteiger partial charge in [0.05, 0.1) is 5.56 Å². The topological polar surface area (TPSA) is 91.5 Å². The average molecular weight is 341 g/mol. The Morgan fingerprint density at radius 1 is 1.08 bits per heavy atom. The van der Waals surface area contributed by atoms with Crippen LogP contribution in [0.2, 0.25) is 5.15 Å². The van der Waals surface area contributed by atoms with Crippen LogP contribution in [0.15, 0.2) is 52.2 Å². The number of nitrogens with one attached hydrogen (secondary N) is 2. The van der Waals surface area contributed by atoms with Crippen LogP contribution >= 0.6 is 11.6 Å². The average Bonchev–Trinajstić information content (AvgIpc) is 3.37. The first kappa shape index (κ1) is 14.8. The lowest BCUT2D eigenvalue weighted by molar-refractivity contribution is 0.952. The summed E-state index contributed by atoms with van der Waals surface area (Å²) in [6.07, 6.45) is 2.32. The first-order valence-electron chi connectivity index (χ1n) is 7.54. The van der Waals surface area contributed by atoms with E-state index in [4.69, 9.17) is 11.6 Å². The Bertz CT molecular complexity index is 1010. The maximum Gasteiger partial charge on any atom is 0.325 e. The van der Waals surface area contributed by atoms with Crippen molar-refractivity contribution in [3.8, 4) is 11.3 Å². The number of benzene rings is 1. The lowest BCUT2D eigenvalue weighted by Crippen LogP contribution is -2.23. The molecule has 0 amide bonds. The van der Waals surface area contributed by atoms with Crippen LogP contribution in [-0.2, 0) is 0 Å². The summed E-state index contributed by atoms with van der Waals surface area (Å²) in [6, 6.07) is 12.0. The van der Waals surface area contributed by atoms with Crippen LogP contribution in [0.4, 0.5) is 0 Å². The number of aromatic nitrogens is 4. The Morgan fingerprint density at radius 3 is 2.62 bits per heavy atom. The van der Waals surface area contributed by atoms with Crippen molar-refractivity contribution in [3.05, 3.63) is 79.7 Å². The molecule has 2 heterocycles. The second-order valence-electron chi connectivity index (χ2n) is 5.82. The quantitative estimate of drug-likeness (QED) is 0.766. The summed E-state index contributed by atoms with van der Waals surface area (Å²) in [5, 5.41) is 8.31. The summed E-state index contributed by atoms with van der Waals surface area (Å²) < 4.78 is 0. The monoisotopic (exact) mass is 340 g/mol. The van der Waals surface area contributed by atoms with E-state index in [2.05, 4.69) is 32.3 Å². The second-order valence-corrected chi connectivity index (χ2v) is 6.18. The minimum absolute atomic E-state index is 0.260. The number of hydrogen-bond acceptors (Lipinski definition) is 4. The van der Waals surface area contributed by atoms with E-state index in [0.717, 1.165) is 12.0 Å². The van der Waals surface area contributed by atoms with Crippen molar-refractivity contribution in [3.63, 3.8) is 0 Å². The van der Waals surface area contributed by atoms with Gasteiger partial charge in [0.25, 0.3) is 5.56 Å². The van der Waals surface area contributed by atoms with E-state index in [-0.39, 0.29) is 11.5 Å². The normalized spacial score (nSPS) is 19.2. The van der Waals surface area contributed by atoms with Gasteiger partial charge in [0.1, 0.15) is 5.69 Å². The van der Waals surface area contributed by atoms with Gasteiger partial charge in [0, 0.05) is 6.20 Å². The summed E-state index contributed by atoms with van der Waals surface area (Å²) in [6.45, 7) is 0. The molecular formula is C17H13ClN4O2. The van der Waals surface area contributed by atoms with E-state index < -0.39 is 11.2 Å². The number of nitrogens with zero attached hydrogens (tertiary/aromatic N) is 2. The van der Waals surface area contributed by atoms with Crippen LogP contribution in [0, 0.1) is 0 Å². The Labute approximate surface area is 141 Å². The van der Waals surface area contributed by atoms with Crippen molar-refractivity contribution in [1.29, 1.82) is 0 Å². The Hall–Kier alpha value is -2.73. The van der Waals surface area contributed by atoms with Crippen molar-refractivity contribution in [1.82, 2.24) is 20.2 Å². The third kappa shape index (κ3) is 2.65. The SMILES string of the molecule is O=c1[nH]cc(-c2cc([C@H]3C[C@@H]3c3ccccc3)c(Cl)nn2)c(=O)[nH]1. The van der Waals surface area contributed by atoms with Gasteiger partial charge in [-0.1, -0.05) is 41.9 Å². The number of H-pyrrole nitrogens is 2. The molecule has 120 valence electrons. The van der Waals surface area contributed by atoms with E-state index in [1.807, 2.05) is 18.2 Å². The number of hydrogen-bond donors (Lipinski definition) is 2. The van der Waals surface area contributed by atoms with Crippen molar-refractivity contribution in [2.75, 3.05) is 0 Å². The van der Waals surface area contributed by atoms with Gasteiger partial charge in [0.2, 0.25) is 0 Å². The van der Waals surface area contributed by atoms with Gasteiger partial charge in [-0.05, 0) is 35.4 Å². The van der Waals surface area contributed by atoms with Crippen molar-refractivity contribution in [2.45, 2.75) is 18.3 Å². The summed E-state index contributed by atoms with van der Waals surface area (Å²) >= 11 is 6.22. The number of rotatable bonds is 3. The maximum atomic E-state index is 11.9. The second kappa shape index (κ2) is 5.72. The van der Waals surface area contributed by atoms with Gasteiger partial charge in [-0.2, -0.15) is 0 Å². The summed E-state index contributed by atoms with van der Waals surface area (Å²) in [4.78, 5) is 27.7. The fourth-order valence-electron chi connectivity index (χ4n) is 2.99. The molecule has 3 aromatic rings. The first-order chi connectivity index (χ1) is 11.6. The van der Waals surface area contributed by atoms with Crippen LogP contribution in [0.5, 0.6) is 0 Å². The molecule has 1 saturated carbocycles. The van der Waals surface area contributed by atoms with Crippen molar-refractivity contribution >= 4 is 11.6 Å². The highest BCUT2D eigenvalue weighted by molar-refractivity contribution is 6.30. The molecule has 2 atom stereocenters. The predicted molar refractivity (Wildman–Crippen MR) is 90.3 cm³/mol. The highest BCUT2D eigenvalue weighted by atomic mass is 35.5. The van der Waals surface area contributed by atoms with E-state index in [1.165, 1.54) is 11.8 Å². The van der Waals surface area contributed by atoms with E-state index in [1.54, 1.807) is 6.07 Å². The molecule has 6 nitrogen and oxygen atoms in total. The van der Waals surface area contributed by atoms with Gasteiger partial charge >= 0.3 is 5.69 Å². The van der Waals surface area contributed by atoms with Crippen LogP contribution in [-0.4, -0.2) is 20.2 Å². The predicted octanol–water partition coefficient (Wildman–Crippen LogP) is 2.44. The number of aromatic amines is 2.